The lowest BCUT2D eigenvalue weighted by molar-refractivity contribution is -0.138. The zero-order valence-electron chi connectivity index (χ0n) is 21.2. The van der Waals surface area contributed by atoms with Gasteiger partial charge in [0.05, 0.1) is 34.8 Å². The summed E-state index contributed by atoms with van der Waals surface area (Å²) >= 11 is 0. The Bertz CT molecular complexity index is 1460. The van der Waals surface area contributed by atoms with Crippen molar-refractivity contribution in [1.29, 1.82) is 0 Å². The number of rotatable bonds is 7. The van der Waals surface area contributed by atoms with Crippen molar-refractivity contribution in [3.8, 4) is 5.75 Å². The van der Waals surface area contributed by atoms with E-state index in [-0.39, 0.29) is 35.2 Å². The van der Waals surface area contributed by atoms with Crippen LogP contribution in [0.2, 0.25) is 0 Å². The quantitative estimate of drug-likeness (QED) is 0.496. The Labute approximate surface area is 219 Å². The Morgan fingerprint density at radius 3 is 2.61 bits per heavy atom. The molecule has 9 nitrogen and oxygen atoms in total. The highest BCUT2D eigenvalue weighted by molar-refractivity contribution is 5.95. The van der Waals surface area contributed by atoms with Gasteiger partial charge < -0.3 is 19.9 Å². The highest BCUT2D eigenvalue weighted by Crippen LogP contribution is 2.29. The predicted octanol–water partition coefficient (Wildman–Crippen LogP) is 2.23. The number of carbonyl (C=O) groups is 2. The van der Waals surface area contributed by atoms with Gasteiger partial charge >= 0.3 is 0 Å². The number of aromatic nitrogens is 2. The van der Waals surface area contributed by atoms with E-state index in [0.717, 1.165) is 32.2 Å². The van der Waals surface area contributed by atoms with E-state index in [0.29, 0.717) is 47.3 Å². The van der Waals surface area contributed by atoms with E-state index in [1.54, 1.807) is 41.1 Å². The second-order valence-electron chi connectivity index (χ2n) is 10.5. The lowest BCUT2D eigenvalue weighted by atomic mass is 9.96. The number of benzene rings is 2. The smallest absolute Gasteiger partial charge is 0.272 e. The van der Waals surface area contributed by atoms with Crippen LogP contribution < -0.4 is 15.6 Å². The van der Waals surface area contributed by atoms with Crippen LogP contribution in [0.5, 0.6) is 5.75 Å². The molecule has 2 saturated heterocycles. The molecule has 3 aromatic rings. The zero-order valence-corrected chi connectivity index (χ0v) is 21.2. The maximum absolute atomic E-state index is 14.7. The van der Waals surface area contributed by atoms with E-state index in [1.165, 1.54) is 6.07 Å². The Hall–Kier alpha value is -3.79. The highest BCUT2D eigenvalue weighted by atomic mass is 19.1. The molecule has 2 amide bonds. The Balaban J connectivity index is 1.18. The molecule has 1 atom stereocenters. The molecule has 3 aliphatic rings. The first-order valence-electron chi connectivity index (χ1n) is 13.1. The summed E-state index contributed by atoms with van der Waals surface area (Å²) in [6.07, 6.45) is 4.52. The topological polar surface area (TPSA) is 108 Å². The minimum Gasteiger partial charge on any atom is -0.490 e. The van der Waals surface area contributed by atoms with Gasteiger partial charge in [-0.15, -0.1) is 0 Å². The molecule has 2 N–H and O–H groups in total. The van der Waals surface area contributed by atoms with Crippen molar-refractivity contribution >= 4 is 22.6 Å². The zero-order chi connectivity index (χ0) is 26.4. The summed E-state index contributed by atoms with van der Waals surface area (Å²) in [5.41, 5.74) is 0.995. The fourth-order valence-electron chi connectivity index (χ4n) is 5.09. The monoisotopic (exact) mass is 519 g/mol. The van der Waals surface area contributed by atoms with Gasteiger partial charge in [-0.25, -0.2) is 9.49 Å². The number of fused-ring (bicyclic) bond motifs is 1. The molecule has 38 heavy (non-hydrogen) atoms. The Kier molecular flexibility index (Phi) is 6.35. The van der Waals surface area contributed by atoms with Crippen molar-refractivity contribution in [2.75, 3.05) is 26.7 Å². The van der Waals surface area contributed by atoms with Gasteiger partial charge in [0.2, 0.25) is 5.91 Å². The van der Waals surface area contributed by atoms with Gasteiger partial charge in [0.15, 0.2) is 0 Å². The maximum Gasteiger partial charge on any atom is 0.272 e. The number of aromatic amines is 1. The van der Waals surface area contributed by atoms with Crippen LogP contribution in [0.4, 0.5) is 4.39 Å². The number of ether oxygens (including phenoxy) is 1. The second-order valence-corrected chi connectivity index (χ2v) is 10.5. The van der Waals surface area contributed by atoms with Gasteiger partial charge in [-0.3, -0.25) is 14.4 Å². The number of likely N-dealkylation sites (N-methyl/N-ethyl adjacent to an activating group) is 1. The Morgan fingerprint density at radius 2 is 1.92 bits per heavy atom. The average Bonchev–Trinajstić information content (AvgIpc) is 2.82. The van der Waals surface area contributed by atoms with E-state index in [9.17, 15) is 18.8 Å². The number of carbonyl (C=O) groups excluding carboxylic acids is 2. The van der Waals surface area contributed by atoms with Gasteiger partial charge in [-0.05, 0) is 68.1 Å². The summed E-state index contributed by atoms with van der Waals surface area (Å²) in [4.78, 5) is 41.2. The lowest BCUT2D eigenvalue weighted by Crippen LogP contribution is -2.64. The van der Waals surface area contributed by atoms with Crippen LogP contribution in [0.3, 0.4) is 0 Å². The van der Waals surface area contributed by atoms with Crippen molar-refractivity contribution < 1.29 is 18.7 Å². The number of hydrogen-bond donors (Lipinski definition) is 2. The molecule has 0 bridgehead atoms. The summed E-state index contributed by atoms with van der Waals surface area (Å²) in [6, 6.07) is 9.60. The SMILES string of the molecule is CN(C(=O)C1CCN1)C1CN(C(=O)c2cc(Cc3n[nH]c(=O)c4ccc(OC5CCC5)cc34)ccc2F)C1. The van der Waals surface area contributed by atoms with Crippen LogP contribution >= 0.6 is 0 Å². The number of hydrogen-bond acceptors (Lipinski definition) is 6. The minimum absolute atomic E-state index is 0.0154. The molecule has 3 fully saturated rings. The molecule has 1 aromatic heterocycles. The first-order chi connectivity index (χ1) is 18.4. The molecule has 1 unspecified atom stereocenters. The fraction of sp³-hybridized carbons (Fsp3) is 0.429. The van der Waals surface area contributed by atoms with Crippen LogP contribution in [-0.2, 0) is 11.2 Å². The predicted molar refractivity (Wildman–Crippen MR) is 139 cm³/mol. The molecule has 1 saturated carbocycles. The third-order valence-corrected chi connectivity index (χ3v) is 7.99. The highest BCUT2D eigenvalue weighted by Gasteiger charge is 2.39. The molecule has 6 rings (SSSR count). The van der Waals surface area contributed by atoms with E-state index in [4.69, 9.17) is 4.74 Å². The number of halogens is 1. The van der Waals surface area contributed by atoms with E-state index >= 15 is 0 Å². The lowest BCUT2D eigenvalue weighted by Gasteiger charge is -2.45. The molecule has 2 aliphatic heterocycles. The molecular formula is C28H30FN5O4. The van der Waals surface area contributed by atoms with E-state index < -0.39 is 11.7 Å². The first-order valence-corrected chi connectivity index (χ1v) is 13.1. The van der Waals surface area contributed by atoms with Crippen molar-refractivity contribution in [3.05, 3.63) is 69.4 Å². The molecule has 3 heterocycles. The summed E-state index contributed by atoms with van der Waals surface area (Å²) in [5, 5.41) is 11.1. The summed E-state index contributed by atoms with van der Waals surface area (Å²) in [5.74, 6) is -0.280. The van der Waals surface area contributed by atoms with Gasteiger partial charge in [-0.2, -0.15) is 5.10 Å². The normalized spacial score (nSPS) is 19.4. The van der Waals surface area contributed by atoms with Crippen molar-refractivity contribution in [1.82, 2.24) is 25.3 Å². The second kappa shape index (κ2) is 9.83. The summed E-state index contributed by atoms with van der Waals surface area (Å²) < 4.78 is 20.8. The van der Waals surface area contributed by atoms with Crippen molar-refractivity contribution in [3.63, 3.8) is 0 Å². The standard InChI is InChI=1S/C28H30FN5O4/c1-33(28(37)24-9-10-30-24)17-14-34(15-17)27(36)22-11-16(5-8-23(22)29)12-25-21-13-19(38-18-3-2-4-18)6-7-20(21)26(35)32-31-25/h5-8,11,13,17-18,24,30H,2-4,9-10,12,14-15H2,1H3,(H,32,35). The van der Waals surface area contributed by atoms with Crippen molar-refractivity contribution in [2.45, 2.75) is 50.3 Å². The Morgan fingerprint density at radius 1 is 1.13 bits per heavy atom. The summed E-state index contributed by atoms with van der Waals surface area (Å²) in [7, 11) is 1.75. The molecule has 0 radical (unpaired) electrons. The molecule has 10 heteroatoms. The first kappa shape index (κ1) is 24.5. The molecule has 198 valence electrons. The number of amides is 2. The van der Waals surface area contributed by atoms with Crippen molar-refractivity contribution in [2.24, 2.45) is 0 Å². The third-order valence-electron chi connectivity index (χ3n) is 7.99. The molecule has 0 spiro atoms. The molecular weight excluding hydrogens is 489 g/mol. The van der Waals surface area contributed by atoms with Crippen LogP contribution in [0.15, 0.2) is 41.2 Å². The van der Waals surface area contributed by atoms with E-state index in [1.807, 2.05) is 6.07 Å². The number of H-pyrrole nitrogens is 1. The number of nitrogens with one attached hydrogen (secondary N) is 2. The summed E-state index contributed by atoms with van der Waals surface area (Å²) in [6.45, 7) is 1.58. The van der Waals surface area contributed by atoms with Crippen LogP contribution in [0, 0.1) is 5.82 Å². The van der Waals surface area contributed by atoms with Crippen LogP contribution in [0.25, 0.3) is 10.8 Å². The van der Waals surface area contributed by atoms with E-state index in [2.05, 4.69) is 15.5 Å². The molecule has 1 aliphatic carbocycles. The number of likely N-dealkylation sites (tertiary alicyclic amines) is 1. The van der Waals surface area contributed by atoms with Crippen LogP contribution in [0.1, 0.15) is 47.3 Å². The van der Waals surface area contributed by atoms with Gasteiger partial charge in [-0.1, -0.05) is 6.07 Å². The maximum atomic E-state index is 14.7. The average molecular weight is 520 g/mol. The number of nitrogens with zero attached hydrogens (tertiary/aromatic N) is 3. The minimum atomic E-state index is -0.597. The fourth-order valence-corrected chi connectivity index (χ4v) is 5.09. The third kappa shape index (κ3) is 4.53. The van der Waals surface area contributed by atoms with Crippen LogP contribution in [-0.4, -0.2) is 76.7 Å². The molecule has 2 aromatic carbocycles. The van der Waals surface area contributed by atoms with Gasteiger partial charge in [0.25, 0.3) is 11.5 Å². The largest absolute Gasteiger partial charge is 0.490 e. The van der Waals surface area contributed by atoms with Gasteiger partial charge in [0.1, 0.15) is 11.6 Å². The van der Waals surface area contributed by atoms with Gasteiger partial charge in [0, 0.05) is 31.9 Å².